The molecule has 3 aromatic rings. The summed E-state index contributed by atoms with van der Waals surface area (Å²) in [7, 11) is -4.27. The molecule has 0 aliphatic rings. The molecule has 0 radical (unpaired) electrons. The van der Waals surface area contributed by atoms with Gasteiger partial charge in [0.1, 0.15) is 12.6 Å². The van der Waals surface area contributed by atoms with Crippen molar-refractivity contribution in [3.05, 3.63) is 92.9 Å². The van der Waals surface area contributed by atoms with Gasteiger partial charge in [0, 0.05) is 23.1 Å². The van der Waals surface area contributed by atoms with E-state index in [9.17, 15) is 18.0 Å². The number of carbonyl (C=O) groups is 2. The van der Waals surface area contributed by atoms with Crippen LogP contribution < -0.4 is 9.62 Å². The molecule has 0 saturated carbocycles. The summed E-state index contributed by atoms with van der Waals surface area (Å²) in [5.74, 6) is -0.927. The van der Waals surface area contributed by atoms with E-state index in [-0.39, 0.29) is 33.1 Å². The van der Waals surface area contributed by atoms with Crippen molar-refractivity contribution in [2.24, 2.45) is 0 Å². The zero-order valence-electron chi connectivity index (χ0n) is 23.2. The monoisotopic (exact) mass is 637 g/mol. The number of unbranched alkanes of at least 4 members (excludes halogenated alkanes) is 1. The van der Waals surface area contributed by atoms with Crippen molar-refractivity contribution in [3.63, 3.8) is 0 Å². The zero-order valence-corrected chi connectivity index (χ0v) is 26.3. The molecule has 11 heteroatoms. The third kappa shape index (κ3) is 8.38. The fourth-order valence-corrected chi connectivity index (χ4v) is 6.32. The smallest absolute Gasteiger partial charge is 0.264 e. The summed E-state index contributed by atoms with van der Waals surface area (Å²) < 4.78 is 28.9. The number of rotatable bonds is 13. The average Bonchev–Trinajstić information content (AvgIpc) is 2.94. The van der Waals surface area contributed by atoms with Crippen molar-refractivity contribution >= 4 is 62.3 Å². The molecule has 0 saturated heterocycles. The van der Waals surface area contributed by atoms with Gasteiger partial charge in [-0.1, -0.05) is 91.0 Å². The van der Waals surface area contributed by atoms with Crippen molar-refractivity contribution in [1.29, 1.82) is 0 Å². The number of nitrogens with one attached hydrogen (secondary N) is 1. The van der Waals surface area contributed by atoms with Gasteiger partial charge in [-0.05, 0) is 61.7 Å². The first kappa shape index (κ1) is 32.7. The summed E-state index contributed by atoms with van der Waals surface area (Å²) in [6, 6.07) is 16.8. The van der Waals surface area contributed by atoms with E-state index in [0.29, 0.717) is 23.6 Å². The topological polar surface area (TPSA) is 86.8 Å². The van der Waals surface area contributed by atoms with Gasteiger partial charge in [-0.3, -0.25) is 13.9 Å². The Labute approximate surface area is 257 Å². The zero-order chi connectivity index (χ0) is 30.2. The highest BCUT2D eigenvalue weighted by Gasteiger charge is 2.34. The predicted molar refractivity (Wildman–Crippen MR) is 166 cm³/mol. The highest BCUT2D eigenvalue weighted by atomic mass is 35.5. The lowest BCUT2D eigenvalue weighted by molar-refractivity contribution is -0.140. The molecule has 0 unspecified atom stereocenters. The van der Waals surface area contributed by atoms with Crippen LogP contribution in [0.5, 0.6) is 0 Å². The lowest BCUT2D eigenvalue weighted by Crippen LogP contribution is -2.52. The van der Waals surface area contributed by atoms with E-state index >= 15 is 0 Å². The Morgan fingerprint density at radius 2 is 1.61 bits per heavy atom. The van der Waals surface area contributed by atoms with Crippen LogP contribution >= 0.6 is 34.8 Å². The van der Waals surface area contributed by atoms with E-state index in [2.05, 4.69) is 5.32 Å². The molecule has 0 aliphatic heterocycles. The van der Waals surface area contributed by atoms with Gasteiger partial charge in [-0.15, -0.1) is 0 Å². The van der Waals surface area contributed by atoms with E-state index in [1.807, 2.05) is 13.8 Å². The van der Waals surface area contributed by atoms with Gasteiger partial charge in [-0.25, -0.2) is 8.42 Å². The minimum absolute atomic E-state index is 0.0000908. The minimum Gasteiger partial charge on any atom is -0.354 e. The van der Waals surface area contributed by atoms with Crippen molar-refractivity contribution in [2.75, 3.05) is 17.4 Å². The van der Waals surface area contributed by atoms with Crippen LogP contribution in [0.2, 0.25) is 15.1 Å². The van der Waals surface area contributed by atoms with E-state index in [4.69, 9.17) is 34.8 Å². The van der Waals surface area contributed by atoms with Crippen LogP contribution in [0.1, 0.15) is 44.2 Å². The normalized spacial score (nSPS) is 12.0. The number of hydrogen-bond acceptors (Lipinski definition) is 4. The van der Waals surface area contributed by atoms with Gasteiger partial charge in [-0.2, -0.15) is 0 Å². The second kappa shape index (κ2) is 14.9. The Kier molecular flexibility index (Phi) is 11.9. The summed E-state index contributed by atoms with van der Waals surface area (Å²) in [6.07, 6.45) is 1.98. The Bertz CT molecular complexity index is 1470. The second-order valence-corrected chi connectivity index (χ2v) is 12.7. The number of aryl methyl sites for hydroxylation is 1. The predicted octanol–water partition coefficient (Wildman–Crippen LogP) is 6.87. The molecule has 220 valence electrons. The number of sulfonamides is 1. The molecule has 2 amide bonds. The van der Waals surface area contributed by atoms with Crippen molar-refractivity contribution in [1.82, 2.24) is 10.2 Å². The molecule has 41 heavy (non-hydrogen) atoms. The number of amides is 2. The number of carbonyl (C=O) groups excluding carboxylic acids is 2. The van der Waals surface area contributed by atoms with Crippen LogP contribution in [-0.2, 0) is 26.2 Å². The molecule has 1 atom stereocenters. The fourth-order valence-electron chi connectivity index (χ4n) is 4.26. The maximum absolute atomic E-state index is 14.1. The molecule has 0 aromatic heterocycles. The number of anilines is 1. The molecular formula is C30H34Cl3N3O4S. The molecule has 1 N–H and O–H groups in total. The van der Waals surface area contributed by atoms with Crippen LogP contribution in [-0.4, -0.2) is 44.3 Å². The van der Waals surface area contributed by atoms with Crippen LogP contribution in [0, 0.1) is 6.92 Å². The van der Waals surface area contributed by atoms with Crippen LogP contribution in [0.25, 0.3) is 0 Å². The molecule has 3 rings (SSSR count). The van der Waals surface area contributed by atoms with Gasteiger partial charge >= 0.3 is 0 Å². The van der Waals surface area contributed by atoms with E-state index in [1.54, 1.807) is 43.3 Å². The van der Waals surface area contributed by atoms with Gasteiger partial charge < -0.3 is 10.2 Å². The number of nitrogens with zero attached hydrogens (tertiary/aromatic N) is 2. The average molecular weight is 639 g/mol. The van der Waals surface area contributed by atoms with Crippen LogP contribution in [0.3, 0.4) is 0 Å². The van der Waals surface area contributed by atoms with Crippen LogP contribution in [0.4, 0.5) is 5.69 Å². The lowest BCUT2D eigenvalue weighted by Gasteiger charge is -2.33. The number of benzene rings is 3. The molecular weight excluding hydrogens is 605 g/mol. The highest BCUT2D eigenvalue weighted by Crippen LogP contribution is 2.33. The van der Waals surface area contributed by atoms with Crippen molar-refractivity contribution < 1.29 is 18.0 Å². The summed E-state index contributed by atoms with van der Waals surface area (Å²) in [5.41, 5.74) is 1.54. The third-order valence-electron chi connectivity index (χ3n) is 6.58. The van der Waals surface area contributed by atoms with E-state index < -0.39 is 28.5 Å². The summed E-state index contributed by atoms with van der Waals surface area (Å²) in [6.45, 7) is 5.49. The molecule has 3 aromatic carbocycles. The molecule has 0 fully saturated rings. The van der Waals surface area contributed by atoms with Crippen LogP contribution in [0.15, 0.2) is 71.6 Å². The van der Waals surface area contributed by atoms with Crippen molar-refractivity contribution in [2.45, 2.75) is 57.5 Å². The Morgan fingerprint density at radius 1 is 0.927 bits per heavy atom. The summed E-state index contributed by atoms with van der Waals surface area (Å²) in [5, 5.41) is 3.66. The molecule has 0 aliphatic carbocycles. The maximum atomic E-state index is 14.1. The number of hydrogen-bond donors (Lipinski definition) is 1. The molecule has 0 spiro atoms. The largest absolute Gasteiger partial charge is 0.354 e. The summed E-state index contributed by atoms with van der Waals surface area (Å²) >= 11 is 19.1. The van der Waals surface area contributed by atoms with Gasteiger partial charge in [0.25, 0.3) is 10.0 Å². The Morgan fingerprint density at radius 3 is 2.24 bits per heavy atom. The number of halogens is 3. The molecule has 0 heterocycles. The van der Waals surface area contributed by atoms with Gasteiger partial charge in [0.15, 0.2) is 0 Å². The first-order valence-electron chi connectivity index (χ1n) is 13.3. The fraction of sp³-hybridized carbons (Fsp3) is 0.333. The standard InChI is InChI=1S/C30H34Cl3N3O4S/c1-4-6-17-34-30(38)27(5-2)35(19-22-9-7-8-10-25(22)32)29(37)20-36(28-18-23(31)13-16-26(28)33)41(39,40)24-14-11-21(3)12-15-24/h7-16,18,27H,4-6,17,19-20H2,1-3H3,(H,34,38)/t27-/m1/s1. The molecule has 7 nitrogen and oxygen atoms in total. The molecule has 0 bridgehead atoms. The quantitative estimate of drug-likeness (QED) is 0.207. The van der Waals surface area contributed by atoms with E-state index in [1.165, 1.54) is 35.2 Å². The third-order valence-corrected chi connectivity index (χ3v) is 9.28. The summed E-state index contributed by atoms with van der Waals surface area (Å²) in [4.78, 5) is 28.7. The highest BCUT2D eigenvalue weighted by molar-refractivity contribution is 7.92. The maximum Gasteiger partial charge on any atom is 0.264 e. The second-order valence-electron chi connectivity index (χ2n) is 9.60. The van der Waals surface area contributed by atoms with E-state index in [0.717, 1.165) is 22.7 Å². The van der Waals surface area contributed by atoms with Gasteiger partial charge in [0.2, 0.25) is 11.8 Å². The van der Waals surface area contributed by atoms with Gasteiger partial charge in [0.05, 0.1) is 15.6 Å². The SMILES string of the molecule is CCCCNC(=O)[C@@H](CC)N(Cc1ccccc1Cl)C(=O)CN(c1cc(Cl)ccc1Cl)S(=O)(=O)c1ccc(C)cc1. The first-order valence-corrected chi connectivity index (χ1v) is 15.9. The van der Waals surface area contributed by atoms with Crippen molar-refractivity contribution in [3.8, 4) is 0 Å². The lowest BCUT2D eigenvalue weighted by atomic mass is 10.1. The Balaban J connectivity index is 2.09. The first-order chi connectivity index (χ1) is 19.5. The Hall–Kier alpha value is -2.78. The minimum atomic E-state index is -4.27.